The molecule has 0 N–H and O–H groups in total. The third kappa shape index (κ3) is 3.63. The minimum absolute atomic E-state index is 0.0417. The molecule has 1 atom stereocenters. The van der Waals surface area contributed by atoms with Gasteiger partial charge in [-0.25, -0.2) is 0 Å². The second-order valence-electron chi connectivity index (χ2n) is 10.0. The zero-order valence-electron chi connectivity index (χ0n) is 19.7. The molecule has 0 saturated carbocycles. The summed E-state index contributed by atoms with van der Waals surface area (Å²) in [5.74, 6) is 0.957. The molecule has 1 amide bonds. The van der Waals surface area contributed by atoms with Crippen LogP contribution in [0.1, 0.15) is 62.8 Å². The minimum Gasteiger partial charge on any atom is -0.488 e. The van der Waals surface area contributed by atoms with Crippen LogP contribution in [0.5, 0.6) is 5.75 Å². The van der Waals surface area contributed by atoms with Crippen molar-refractivity contribution in [3.05, 3.63) is 87.9 Å². The van der Waals surface area contributed by atoms with Gasteiger partial charge in [0.15, 0.2) is 0 Å². The van der Waals surface area contributed by atoms with Gasteiger partial charge in [-0.3, -0.25) is 9.69 Å². The summed E-state index contributed by atoms with van der Waals surface area (Å²) in [4.78, 5) is 16.0. The highest BCUT2D eigenvalue weighted by Crippen LogP contribution is 2.50. The molecular weight excluding hydrogens is 430 g/mol. The summed E-state index contributed by atoms with van der Waals surface area (Å²) in [7, 11) is 0. The molecule has 0 unspecified atom stereocenters. The molecule has 4 heteroatoms. The van der Waals surface area contributed by atoms with E-state index in [0.717, 1.165) is 59.5 Å². The number of amides is 1. The van der Waals surface area contributed by atoms with Crippen LogP contribution in [0.3, 0.4) is 0 Å². The van der Waals surface area contributed by atoms with Gasteiger partial charge < -0.3 is 4.74 Å². The van der Waals surface area contributed by atoms with E-state index in [0.29, 0.717) is 5.02 Å². The lowest BCUT2D eigenvalue weighted by Gasteiger charge is -2.34. The number of carbonyl (C=O) groups is 1. The van der Waals surface area contributed by atoms with Gasteiger partial charge in [0.05, 0.1) is 11.1 Å². The fraction of sp³-hybridized carbons (Fsp3) is 0.345. The summed E-state index contributed by atoms with van der Waals surface area (Å²) < 4.78 is 6.19. The Morgan fingerprint density at radius 3 is 2.48 bits per heavy atom. The number of rotatable bonds is 4. The number of carbonyl (C=O) groups excluding carboxylic acids is 1. The molecule has 170 valence electrons. The van der Waals surface area contributed by atoms with E-state index in [1.54, 1.807) is 0 Å². The maximum atomic E-state index is 14.1. The van der Waals surface area contributed by atoms with Crippen molar-refractivity contribution in [3.63, 3.8) is 0 Å². The van der Waals surface area contributed by atoms with Crippen LogP contribution in [0.4, 0.5) is 11.4 Å². The van der Waals surface area contributed by atoms with Gasteiger partial charge in [-0.15, -0.1) is 0 Å². The molecule has 5 rings (SSSR count). The predicted octanol–water partition coefficient (Wildman–Crippen LogP) is 7.38. The first-order chi connectivity index (χ1) is 15.7. The van der Waals surface area contributed by atoms with Crippen LogP contribution in [-0.2, 0) is 23.1 Å². The number of nitrogens with zero attached hydrogens (tertiary/aromatic N) is 1. The summed E-state index contributed by atoms with van der Waals surface area (Å²) in [6, 6.07) is 20.3. The zero-order chi connectivity index (χ0) is 23.4. The van der Waals surface area contributed by atoms with Crippen LogP contribution in [0.2, 0.25) is 5.02 Å². The molecule has 0 spiro atoms. The molecule has 3 aromatic rings. The normalized spacial score (nSPS) is 20.9. The number of benzene rings is 3. The minimum atomic E-state index is -0.829. The lowest BCUT2D eigenvalue weighted by atomic mass is 9.76. The van der Waals surface area contributed by atoms with E-state index in [2.05, 4.69) is 51.1 Å². The molecule has 0 radical (unpaired) electrons. The van der Waals surface area contributed by atoms with Crippen LogP contribution in [-0.4, -0.2) is 11.5 Å². The highest BCUT2D eigenvalue weighted by Gasteiger charge is 2.49. The molecule has 0 aromatic heterocycles. The number of anilines is 2. The Kier molecular flexibility index (Phi) is 5.29. The van der Waals surface area contributed by atoms with E-state index in [1.807, 2.05) is 42.2 Å². The van der Waals surface area contributed by atoms with E-state index < -0.39 is 5.41 Å². The summed E-state index contributed by atoms with van der Waals surface area (Å²) in [5.41, 5.74) is 5.14. The van der Waals surface area contributed by atoms with Crippen molar-refractivity contribution in [2.45, 2.75) is 64.4 Å². The summed E-state index contributed by atoms with van der Waals surface area (Å²) in [6.45, 7) is 8.43. The topological polar surface area (TPSA) is 29.5 Å². The predicted molar refractivity (Wildman–Crippen MR) is 135 cm³/mol. The first-order valence-corrected chi connectivity index (χ1v) is 12.2. The highest BCUT2D eigenvalue weighted by atomic mass is 35.5. The van der Waals surface area contributed by atoms with E-state index >= 15 is 0 Å². The highest BCUT2D eigenvalue weighted by molar-refractivity contribution is 6.31. The average molecular weight is 460 g/mol. The Hall–Kier alpha value is -2.78. The molecule has 3 nitrogen and oxygen atoms in total. The number of hydrogen-bond donors (Lipinski definition) is 0. The Bertz CT molecular complexity index is 1230. The summed E-state index contributed by atoms with van der Waals surface area (Å²) in [5, 5.41) is 0.635. The van der Waals surface area contributed by atoms with Crippen LogP contribution in [0.25, 0.3) is 0 Å². The van der Waals surface area contributed by atoms with Crippen molar-refractivity contribution >= 4 is 28.9 Å². The monoisotopic (exact) mass is 459 g/mol. The zero-order valence-corrected chi connectivity index (χ0v) is 20.5. The fourth-order valence-electron chi connectivity index (χ4n) is 5.16. The first kappa shape index (κ1) is 22.0. The van der Waals surface area contributed by atoms with Crippen molar-refractivity contribution in [1.82, 2.24) is 0 Å². The lowest BCUT2D eigenvalue weighted by molar-refractivity contribution is -0.120. The van der Waals surface area contributed by atoms with Gasteiger partial charge in [-0.2, -0.15) is 0 Å². The lowest BCUT2D eigenvalue weighted by Crippen LogP contribution is -2.37. The summed E-state index contributed by atoms with van der Waals surface area (Å²) >= 11 is 6.43. The SMILES string of the molecule is CCCc1ccc(N2C(=O)[C@@](C)(c3ccc4c(c3)CCC(C)(C)O4)c3cc(Cl)ccc32)cc1. The van der Waals surface area contributed by atoms with Crippen molar-refractivity contribution in [2.75, 3.05) is 4.90 Å². The third-order valence-corrected chi connectivity index (χ3v) is 7.36. The van der Waals surface area contributed by atoms with Gasteiger partial charge in [0.1, 0.15) is 11.4 Å². The molecule has 3 aromatic carbocycles. The van der Waals surface area contributed by atoms with Crippen molar-refractivity contribution < 1.29 is 9.53 Å². The van der Waals surface area contributed by atoms with Gasteiger partial charge in [0.25, 0.3) is 0 Å². The molecular formula is C29H30ClNO2. The van der Waals surface area contributed by atoms with Crippen molar-refractivity contribution in [2.24, 2.45) is 0 Å². The van der Waals surface area contributed by atoms with E-state index in [4.69, 9.17) is 16.3 Å². The van der Waals surface area contributed by atoms with Crippen LogP contribution >= 0.6 is 11.6 Å². The van der Waals surface area contributed by atoms with Gasteiger partial charge in [-0.05, 0) is 98.7 Å². The molecule has 0 saturated heterocycles. The first-order valence-electron chi connectivity index (χ1n) is 11.8. The number of aryl methyl sites for hydroxylation is 2. The molecule has 2 heterocycles. The van der Waals surface area contributed by atoms with E-state index in [-0.39, 0.29) is 11.5 Å². The quantitative estimate of drug-likeness (QED) is 0.407. The van der Waals surface area contributed by atoms with Gasteiger partial charge in [-0.1, -0.05) is 49.2 Å². The molecule has 0 bridgehead atoms. The second kappa shape index (κ2) is 7.92. The number of hydrogen-bond acceptors (Lipinski definition) is 2. The van der Waals surface area contributed by atoms with Crippen LogP contribution < -0.4 is 9.64 Å². The third-order valence-electron chi connectivity index (χ3n) is 7.12. The Morgan fingerprint density at radius 1 is 1.00 bits per heavy atom. The van der Waals surface area contributed by atoms with Crippen molar-refractivity contribution in [1.29, 1.82) is 0 Å². The van der Waals surface area contributed by atoms with Crippen LogP contribution in [0, 0.1) is 0 Å². The average Bonchev–Trinajstić information content (AvgIpc) is 3.01. The Labute approximate surface area is 201 Å². The van der Waals surface area contributed by atoms with E-state index in [1.165, 1.54) is 5.56 Å². The standard InChI is InChI=1S/C29H30ClNO2/c1-5-6-19-7-11-23(12-8-19)31-25-13-10-22(30)18-24(25)29(4,27(31)32)21-9-14-26-20(17-21)15-16-28(2,3)33-26/h7-14,17-18H,5-6,15-16H2,1-4H3/t29-/m0/s1. The number of ether oxygens (including phenoxy) is 1. The molecule has 33 heavy (non-hydrogen) atoms. The number of fused-ring (bicyclic) bond motifs is 2. The van der Waals surface area contributed by atoms with Crippen molar-refractivity contribution in [3.8, 4) is 5.75 Å². The fourth-order valence-corrected chi connectivity index (χ4v) is 5.33. The molecule has 2 aliphatic rings. The molecule has 0 fully saturated rings. The van der Waals surface area contributed by atoms with Crippen LogP contribution in [0.15, 0.2) is 60.7 Å². The van der Waals surface area contributed by atoms with E-state index in [9.17, 15) is 4.79 Å². The molecule has 2 aliphatic heterocycles. The largest absolute Gasteiger partial charge is 0.488 e. The maximum absolute atomic E-state index is 14.1. The van der Waals surface area contributed by atoms with Gasteiger partial charge >= 0.3 is 0 Å². The smallest absolute Gasteiger partial charge is 0.246 e. The molecule has 0 aliphatic carbocycles. The maximum Gasteiger partial charge on any atom is 0.246 e. The Balaban J connectivity index is 1.61. The summed E-state index contributed by atoms with van der Waals surface area (Å²) in [6.07, 6.45) is 4.02. The second-order valence-corrected chi connectivity index (χ2v) is 10.5. The Morgan fingerprint density at radius 2 is 1.76 bits per heavy atom. The van der Waals surface area contributed by atoms with Gasteiger partial charge in [0.2, 0.25) is 5.91 Å². The number of halogens is 1. The van der Waals surface area contributed by atoms with Gasteiger partial charge in [0, 0.05) is 10.7 Å².